The minimum Gasteiger partial charge on any atom is -0.444 e. The Hall–Kier alpha value is -2.60. The molecule has 1 aromatic carbocycles. The number of benzene rings is 1. The number of para-hydroxylation sites is 1. The Labute approximate surface area is 188 Å². The lowest BCUT2D eigenvalue weighted by molar-refractivity contribution is 0.0534. The number of carbonyl (C=O) groups is 1. The highest BCUT2D eigenvalue weighted by Crippen LogP contribution is 2.31. The predicted octanol–water partition coefficient (Wildman–Crippen LogP) is 6.05. The number of imidazole rings is 1. The molecular formula is C24H31ClN4O2. The molecule has 1 N–H and O–H groups in total. The molecule has 0 atom stereocenters. The van der Waals surface area contributed by atoms with E-state index in [1.54, 1.807) is 0 Å². The summed E-state index contributed by atoms with van der Waals surface area (Å²) in [5.41, 5.74) is 3.21. The van der Waals surface area contributed by atoms with Crippen LogP contribution >= 0.6 is 11.6 Å². The molecule has 1 amide bonds. The average Bonchev–Trinajstić information content (AvgIpc) is 3.04. The van der Waals surface area contributed by atoms with E-state index >= 15 is 0 Å². The van der Waals surface area contributed by atoms with Crippen molar-refractivity contribution in [2.24, 2.45) is 0 Å². The van der Waals surface area contributed by atoms with Crippen LogP contribution in [0.4, 0.5) is 4.79 Å². The summed E-state index contributed by atoms with van der Waals surface area (Å²) in [7, 11) is 0. The summed E-state index contributed by atoms with van der Waals surface area (Å²) in [6.07, 6.45) is 4.60. The zero-order valence-corrected chi connectivity index (χ0v) is 19.7. The summed E-state index contributed by atoms with van der Waals surface area (Å²) in [4.78, 5) is 21.3. The van der Waals surface area contributed by atoms with Crippen LogP contribution in [0.15, 0.2) is 35.9 Å². The van der Waals surface area contributed by atoms with Gasteiger partial charge in [0.15, 0.2) is 5.15 Å². The number of hydrogen-bond acceptors (Lipinski definition) is 4. The average molecular weight is 443 g/mol. The molecule has 0 saturated heterocycles. The Kier molecular flexibility index (Phi) is 7.21. The first-order valence-corrected chi connectivity index (χ1v) is 11.1. The zero-order chi connectivity index (χ0) is 22.6. The van der Waals surface area contributed by atoms with E-state index < -0.39 is 11.7 Å². The van der Waals surface area contributed by atoms with Crippen molar-refractivity contribution in [1.82, 2.24) is 19.9 Å². The molecule has 0 aliphatic carbocycles. The molecule has 3 rings (SSSR count). The van der Waals surface area contributed by atoms with Crippen molar-refractivity contribution in [2.45, 2.75) is 66.0 Å². The lowest BCUT2D eigenvalue weighted by atomic mass is 10.2. The van der Waals surface area contributed by atoms with Gasteiger partial charge in [0.2, 0.25) is 0 Å². The Bertz CT molecular complexity index is 1110. The number of amides is 1. The third-order valence-electron chi connectivity index (χ3n) is 4.88. The van der Waals surface area contributed by atoms with Crippen molar-refractivity contribution >= 4 is 39.6 Å². The molecule has 7 heteroatoms. The number of ether oxygens (including phenoxy) is 1. The standard InChI is InChI=1S/C24H31ClN4O2/c1-6-7-12-19-28-20-21(17-10-8-9-11-18(17)27-22(20)25)29(19)15-16(2)13-14-26-23(30)31-24(3,4)5/h8-11,13H,6-7,12,14-15H2,1-5H3,(H,26,30)/b16-13+. The quantitative estimate of drug-likeness (QED) is 0.357. The monoisotopic (exact) mass is 442 g/mol. The first-order chi connectivity index (χ1) is 14.7. The van der Waals surface area contributed by atoms with Crippen LogP contribution in [-0.2, 0) is 17.7 Å². The first kappa shape index (κ1) is 23.1. The fourth-order valence-electron chi connectivity index (χ4n) is 3.48. The van der Waals surface area contributed by atoms with E-state index in [-0.39, 0.29) is 0 Å². The van der Waals surface area contributed by atoms with E-state index in [1.807, 2.05) is 45.0 Å². The van der Waals surface area contributed by atoms with Gasteiger partial charge in [-0.15, -0.1) is 0 Å². The molecule has 0 aliphatic rings. The van der Waals surface area contributed by atoms with Gasteiger partial charge >= 0.3 is 6.09 Å². The van der Waals surface area contributed by atoms with Crippen LogP contribution in [0, 0.1) is 0 Å². The van der Waals surface area contributed by atoms with E-state index in [4.69, 9.17) is 21.3 Å². The second-order valence-corrected chi connectivity index (χ2v) is 9.13. The molecule has 0 radical (unpaired) electrons. The lowest BCUT2D eigenvalue weighted by Crippen LogP contribution is -2.32. The molecule has 0 aliphatic heterocycles. The van der Waals surface area contributed by atoms with Gasteiger partial charge in [0, 0.05) is 24.9 Å². The summed E-state index contributed by atoms with van der Waals surface area (Å²) in [6, 6.07) is 8.00. The van der Waals surface area contributed by atoms with Gasteiger partial charge in [0.05, 0.1) is 11.0 Å². The normalized spacial score (nSPS) is 12.5. The van der Waals surface area contributed by atoms with Gasteiger partial charge in [-0.1, -0.05) is 54.8 Å². The topological polar surface area (TPSA) is 69.0 Å². The Morgan fingerprint density at radius 1 is 1.26 bits per heavy atom. The van der Waals surface area contributed by atoms with Gasteiger partial charge in [0.25, 0.3) is 0 Å². The smallest absolute Gasteiger partial charge is 0.407 e. The number of carbonyl (C=O) groups excluding carboxylic acids is 1. The fraction of sp³-hybridized carbons (Fsp3) is 0.458. The molecule has 0 unspecified atom stereocenters. The molecule has 6 nitrogen and oxygen atoms in total. The Morgan fingerprint density at radius 2 is 2.00 bits per heavy atom. The zero-order valence-electron chi connectivity index (χ0n) is 19.0. The highest BCUT2D eigenvalue weighted by Gasteiger charge is 2.18. The molecule has 0 fully saturated rings. The number of fused-ring (bicyclic) bond motifs is 3. The third kappa shape index (κ3) is 5.76. The SMILES string of the molecule is CCCCc1nc2c(Cl)nc3ccccc3c2n1C/C(C)=C/CNC(=O)OC(C)(C)C. The highest BCUT2D eigenvalue weighted by atomic mass is 35.5. The van der Waals surface area contributed by atoms with Crippen molar-refractivity contribution in [3.05, 3.63) is 46.9 Å². The van der Waals surface area contributed by atoms with Crippen LogP contribution in [0.1, 0.15) is 53.3 Å². The number of rotatable bonds is 7. The van der Waals surface area contributed by atoms with Gasteiger partial charge in [-0.3, -0.25) is 0 Å². The third-order valence-corrected chi connectivity index (χ3v) is 5.14. The van der Waals surface area contributed by atoms with Crippen LogP contribution < -0.4 is 5.32 Å². The predicted molar refractivity (Wildman–Crippen MR) is 127 cm³/mol. The van der Waals surface area contributed by atoms with Crippen LogP contribution in [-0.4, -0.2) is 32.8 Å². The van der Waals surface area contributed by atoms with E-state index in [0.29, 0.717) is 18.2 Å². The van der Waals surface area contributed by atoms with E-state index in [0.717, 1.165) is 52.6 Å². The largest absolute Gasteiger partial charge is 0.444 e. The van der Waals surface area contributed by atoms with Crippen LogP contribution in [0.25, 0.3) is 21.9 Å². The van der Waals surface area contributed by atoms with Gasteiger partial charge in [0.1, 0.15) is 16.9 Å². The summed E-state index contributed by atoms with van der Waals surface area (Å²) in [5, 5.41) is 4.25. The van der Waals surface area contributed by atoms with Gasteiger partial charge in [-0.05, 0) is 40.2 Å². The number of nitrogens with one attached hydrogen (secondary N) is 1. The lowest BCUT2D eigenvalue weighted by Gasteiger charge is -2.19. The minimum absolute atomic E-state index is 0.404. The number of nitrogens with zero attached hydrogens (tertiary/aromatic N) is 3. The van der Waals surface area contributed by atoms with Gasteiger partial charge < -0.3 is 14.6 Å². The Balaban J connectivity index is 1.91. The maximum atomic E-state index is 11.9. The van der Waals surface area contributed by atoms with E-state index in [2.05, 4.69) is 34.8 Å². The molecule has 0 bridgehead atoms. The van der Waals surface area contributed by atoms with Gasteiger partial charge in [-0.2, -0.15) is 0 Å². The maximum absolute atomic E-state index is 11.9. The highest BCUT2D eigenvalue weighted by molar-refractivity contribution is 6.35. The molecule has 2 aromatic heterocycles. The Morgan fingerprint density at radius 3 is 2.71 bits per heavy atom. The van der Waals surface area contributed by atoms with E-state index in [9.17, 15) is 4.79 Å². The molecule has 166 valence electrons. The first-order valence-electron chi connectivity index (χ1n) is 10.8. The summed E-state index contributed by atoms with van der Waals surface area (Å²) >= 11 is 6.50. The number of halogens is 1. The van der Waals surface area contributed by atoms with Crippen LogP contribution in [0.2, 0.25) is 5.15 Å². The van der Waals surface area contributed by atoms with Crippen molar-refractivity contribution < 1.29 is 9.53 Å². The molecular weight excluding hydrogens is 412 g/mol. The number of allylic oxidation sites excluding steroid dienone is 1. The van der Waals surface area contributed by atoms with Crippen molar-refractivity contribution in [3.8, 4) is 0 Å². The minimum atomic E-state index is -0.513. The van der Waals surface area contributed by atoms with Crippen molar-refractivity contribution in [1.29, 1.82) is 0 Å². The number of pyridine rings is 1. The number of aryl methyl sites for hydroxylation is 1. The molecule has 31 heavy (non-hydrogen) atoms. The molecule has 0 saturated carbocycles. The molecule has 0 spiro atoms. The number of alkyl carbamates (subject to hydrolysis) is 1. The maximum Gasteiger partial charge on any atom is 0.407 e. The van der Waals surface area contributed by atoms with E-state index in [1.165, 1.54) is 0 Å². The van der Waals surface area contributed by atoms with Crippen LogP contribution in [0.3, 0.4) is 0 Å². The van der Waals surface area contributed by atoms with Crippen molar-refractivity contribution in [3.63, 3.8) is 0 Å². The second kappa shape index (κ2) is 9.69. The fourth-order valence-corrected chi connectivity index (χ4v) is 3.70. The molecule has 3 aromatic rings. The number of aromatic nitrogens is 3. The number of unbranched alkanes of at least 4 members (excludes halogenated alkanes) is 1. The number of hydrogen-bond donors (Lipinski definition) is 1. The summed E-state index contributed by atoms with van der Waals surface area (Å²) in [6.45, 7) is 10.8. The van der Waals surface area contributed by atoms with Crippen LogP contribution in [0.5, 0.6) is 0 Å². The second-order valence-electron chi connectivity index (χ2n) is 8.77. The van der Waals surface area contributed by atoms with Crippen molar-refractivity contribution in [2.75, 3.05) is 6.54 Å². The van der Waals surface area contributed by atoms with Gasteiger partial charge in [-0.25, -0.2) is 14.8 Å². The summed E-state index contributed by atoms with van der Waals surface area (Å²) in [5.74, 6) is 1.00. The molecule has 2 heterocycles. The summed E-state index contributed by atoms with van der Waals surface area (Å²) < 4.78 is 7.53.